The zero-order chi connectivity index (χ0) is 25.7. The minimum atomic E-state index is -0.935. The Labute approximate surface area is 205 Å². The number of nitrogens with one attached hydrogen (secondary N) is 1. The highest BCUT2D eigenvalue weighted by Crippen LogP contribution is 2.30. The van der Waals surface area contributed by atoms with Crippen molar-refractivity contribution in [2.24, 2.45) is 5.92 Å². The van der Waals surface area contributed by atoms with Crippen LogP contribution in [0.4, 0.5) is 4.39 Å². The molecule has 0 saturated carbocycles. The number of halogens is 1. The minimum Gasteiger partial charge on any atom is -0.481 e. The molecule has 2 atom stereocenters. The first-order valence-corrected chi connectivity index (χ1v) is 11.9. The molecule has 6 nitrogen and oxygen atoms in total. The molecule has 7 heteroatoms. The van der Waals surface area contributed by atoms with Gasteiger partial charge in [0.25, 0.3) is 5.56 Å². The number of hydrogen-bond acceptors (Lipinski definition) is 4. The number of aliphatic carboxylic acids is 1. The Morgan fingerprint density at radius 2 is 1.80 bits per heavy atom. The van der Waals surface area contributed by atoms with Crippen LogP contribution in [0.3, 0.4) is 0 Å². The van der Waals surface area contributed by atoms with E-state index >= 15 is 0 Å². The average molecular weight is 480 g/mol. The average Bonchev–Trinajstić information content (AvgIpc) is 2.75. The molecule has 3 aromatic rings. The Morgan fingerprint density at radius 3 is 2.40 bits per heavy atom. The van der Waals surface area contributed by atoms with Gasteiger partial charge in [0.05, 0.1) is 6.42 Å². The molecule has 186 valence electrons. The van der Waals surface area contributed by atoms with Crippen molar-refractivity contribution < 1.29 is 14.3 Å². The van der Waals surface area contributed by atoms with Gasteiger partial charge in [-0.05, 0) is 85.2 Å². The molecule has 1 aromatic carbocycles. The lowest BCUT2D eigenvalue weighted by molar-refractivity contribution is -0.137. The van der Waals surface area contributed by atoms with Gasteiger partial charge in [0.15, 0.2) is 0 Å². The topological polar surface area (TPSA) is 84.2 Å². The lowest BCUT2D eigenvalue weighted by Crippen LogP contribution is -2.35. The summed E-state index contributed by atoms with van der Waals surface area (Å²) in [4.78, 5) is 28.7. The quantitative estimate of drug-likeness (QED) is 0.409. The first-order valence-electron chi connectivity index (χ1n) is 11.9. The summed E-state index contributed by atoms with van der Waals surface area (Å²) in [6.07, 6.45) is 5.81. The molecule has 2 N–H and O–H groups in total. The van der Waals surface area contributed by atoms with Crippen LogP contribution in [0.5, 0.6) is 0 Å². The number of carboxylic acid groups (broad SMARTS) is 1. The van der Waals surface area contributed by atoms with E-state index in [2.05, 4.69) is 24.1 Å². The predicted octanol–water partition coefficient (Wildman–Crippen LogP) is 5.37. The fourth-order valence-corrected chi connectivity index (χ4v) is 4.64. The van der Waals surface area contributed by atoms with E-state index in [4.69, 9.17) is 0 Å². The first-order chi connectivity index (χ1) is 16.5. The Balaban J connectivity index is 1.92. The zero-order valence-electron chi connectivity index (χ0n) is 21.0. The van der Waals surface area contributed by atoms with E-state index in [0.717, 1.165) is 39.8 Å². The second-order valence-electron chi connectivity index (χ2n) is 9.71. The molecule has 0 aliphatic rings. The fourth-order valence-electron chi connectivity index (χ4n) is 4.64. The monoisotopic (exact) mass is 479 g/mol. The molecule has 0 saturated heterocycles. The lowest BCUT2D eigenvalue weighted by atomic mass is 9.94. The maximum absolute atomic E-state index is 13.8. The number of carbonyl (C=O) groups is 1. The van der Waals surface area contributed by atoms with Crippen LogP contribution < -0.4 is 10.9 Å². The Bertz CT molecular complexity index is 1230. The van der Waals surface area contributed by atoms with E-state index in [1.807, 2.05) is 32.9 Å². The number of rotatable bonds is 10. The molecular formula is C28H34FN3O3. The van der Waals surface area contributed by atoms with Gasteiger partial charge in [0.2, 0.25) is 0 Å². The van der Waals surface area contributed by atoms with Crippen LogP contribution in [0, 0.1) is 32.5 Å². The molecule has 3 rings (SSSR count). The molecule has 0 aliphatic carbocycles. The number of aromatic nitrogens is 2. The molecule has 0 unspecified atom stereocenters. The predicted molar refractivity (Wildman–Crippen MR) is 136 cm³/mol. The van der Waals surface area contributed by atoms with Crippen molar-refractivity contribution in [1.29, 1.82) is 0 Å². The normalized spacial score (nSPS) is 13.1. The molecular weight excluding hydrogens is 445 g/mol. The maximum Gasteiger partial charge on any atom is 0.305 e. The first kappa shape index (κ1) is 26.3. The number of nitrogens with zero attached hydrogens (tertiary/aromatic N) is 2. The van der Waals surface area contributed by atoms with E-state index in [1.54, 1.807) is 29.2 Å². The van der Waals surface area contributed by atoms with Crippen LogP contribution in [-0.2, 0) is 4.79 Å². The maximum atomic E-state index is 13.8. The lowest BCUT2D eigenvalue weighted by Gasteiger charge is -2.26. The number of aryl methyl sites for hydroxylation is 3. The summed E-state index contributed by atoms with van der Waals surface area (Å²) in [5, 5.41) is 13.0. The molecule has 0 amide bonds. The molecule has 0 radical (unpaired) electrons. The van der Waals surface area contributed by atoms with Crippen LogP contribution in [-0.4, -0.2) is 27.2 Å². The van der Waals surface area contributed by atoms with Crippen LogP contribution in [0.2, 0.25) is 0 Å². The minimum absolute atomic E-state index is 0.0711. The van der Waals surface area contributed by atoms with Crippen molar-refractivity contribution >= 4 is 5.97 Å². The van der Waals surface area contributed by atoms with E-state index in [0.29, 0.717) is 12.5 Å². The molecule has 0 spiro atoms. The van der Waals surface area contributed by atoms with E-state index in [-0.39, 0.29) is 23.8 Å². The zero-order valence-corrected chi connectivity index (χ0v) is 21.0. The molecule has 2 aromatic heterocycles. The number of carboxylic acids is 1. The van der Waals surface area contributed by atoms with Crippen molar-refractivity contribution in [3.05, 3.63) is 87.3 Å². The van der Waals surface area contributed by atoms with Gasteiger partial charge in [0.1, 0.15) is 5.82 Å². The largest absolute Gasteiger partial charge is 0.481 e. The van der Waals surface area contributed by atoms with Gasteiger partial charge in [-0.15, -0.1) is 0 Å². The van der Waals surface area contributed by atoms with Crippen LogP contribution in [0.25, 0.3) is 11.1 Å². The summed E-state index contributed by atoms with van der Waals surface area (Å²) in [6.45, 7) is 10.2. The summed E-state index contributed by atoms with van der Waals surface area (Å²) in [5.41, 5.74) is 4.84. The van der Waals surface area contributed by atoms with Crippen LogP contribution in [0.1, 0.15) is 61.0 Å². The van der Waals surface area contributed by atoms with Gasteiger partial charge >= 0.3 is 5.97 Å². The van der Waals surface area contributed by atoms with Gasteiger partial charge in [-0.1, -0.05) is 13.8 Å². The smallest absolute Gasteiger partial charge is 0.305 e. The van der Waals surface area contributed by atoms with Crippen molar-refractivity contribution in [1.82, 2.24) is 14.9 Å². The number of benzene rings is 1. The Morgan fingerprint density at radius 1 is 1.11 bits per heavy atom. The SMILES string of the molecule is Cc1ccn([C@@H](CN[C@@H](CC(=O)O)c2cncc(-c3c(C)cc(F)cc3C)c2)CC(C)C)c(=O)c1. The van der Waals surface area contributed by atoms with Crippen LogP contribution in [0.15, 0.2) is 53.7 Å². The van der Waals surface area contributed by atoms with Gasteiger partial charge < -0.3 is 15.0 Å². The number of pyridine rings is 2. The third-order valence-corrected chi connectivity index (χ3v) is 6.17. The van der Waals surface area contributed by atoms with Crippen molar-refractivity contribution in [2.75, 3.05) is 6.54 Å². The van der Waals surface area contributed by atoms with Gasteiger partial charge in [-0.25, -0.2) is 4.39 Å². The van der Waals surface area contributed by atoms with Crippen LogP contribution >= 0.6 is 0 Å². The molecule has 0 fully saturated rings. The highest BCUT2D eigenvalue weighted by Gasteiger charge is 2.21. The third kappa shape index (κ3) is 6.85. The third-order valence-electron chi connectivity index (χ3n) is 6.17. The molecule has 0 bridgehead atoms. The van der Waals surface area contributed by atoms with Gasteiger partial charge in [-0.2, -0.15) is 0 Å². The molecule has 2 heterocycles. The standard InChI is InChI=1S/C28H34FN3O3/c1-17(2)8-24(32-7-6-18(3)9-26(32)33)16-31-25(13-27(34)35)21-12-22(15-30-14-21)28-19(4)10-23(29)11-20(28)5/h6-7,9-12,14-15,17,24-25,31H,8,13,16H2,1-5H3,(H,34,35)/t24-,25+/m1/s1. The highest BCUT2D eigenvalue weighted by molar-refractivity contribution is 5.71. The Kier molecular flexibility index (Phi) is 8.57. The summed E-state index contributed by atoms with van der Waals surface area (Å²) >= 11 is 0. The van der Waals surface area contributed by atoms with E-state index < -0.39 is 12.0 Å². The van der Waals surface area contributed by atoms with E-state index in [1.165, 1.54) is 12.1 Å². The summed E-state index contributed by atoms with van der Waals surface area (Å²) in [7, 11) is 0. The summed E-state index contributed by atoms with van der Waals surface area (Å²) in [5.74, 6) is -0.877. The second kappa shape index (κ2) is 11.4. The van der Waals surface area contributed by atoms with E-state index in [9.17, 15) is 19.1 Å². The van der Waals surface area contributed by atoms with Crippen molar-refractivity contribution in [3.63, 3.8) is 0 Å². The summed E-state index contributed by atoms with van der Waals surface area (Å²) < 4.78 is 15.5. The molecule has 35 heavy (non-hydrogen) atoms. The Hall–Kier alpha value is -3.32. The second-order valence-corrected chi connectivity index (χ2v) is 9.71. The van der Waals surface area contributed by atoms with Crippen molar-refractivity contribution in [2.45, 2.75) is 59.5 Å². The fraction of sp³-hybridized carbons (Fsp3) is 0.393. The number of hydrogen-bond donors (Lipinski definition) is 2. The van der Waals surface area contributed by atoms with Crippen molar-refractivity contribution in [3.8, 4) is 11.1 Å². The summed E-state index contributed by atoms with van der Waals surface area (Å²) in [6, 6.07) is 7.77. The molecule has 0 aliphatic heterocycles. The van der Waals surface area contributed by atoms with Gasteiger partial charge in [-0.3, -0.25) is 14.6 Å². The highest BCUT2D eigenvalue weighted by atomic mass is 19.1. The van der Waals surface area contributed by atoms with Gasteiger partial charge in [0, 0.05) is 48.8 Å².